The number of fused-ring (bicyclic) bond motifs is 1. The van der Waals surface area contributed by atoms with E-state index >= 15 is 0 Å². The maximum absolute atomic E-state index is 9.27. The minimum Gasteiger partial charge on any atom is -0.497 e. The fourth-order valence-corrected chi connectivity index (χ4v) is 5.47. The number of pyridine rings is 1. The molecule has 1 fully saturated rings. The quantitative estimate of drug-likeness (QED) is 0.395. The molecule has 4 heterocycles. The van der Waals surface area contributed by atoms with E-state index < -0.39 is 0 Å². The van der Waals surface area contributed by atoms with Crippen molar-refractivity contribution < 1.29 is 4.74 Å². The SMILES string of the molecule is COc1ccc(-c2nc3ccc(-c4csc(C#N)c4)cn3c2C(C)N2CCCN(C)CC2)cc1. The van der Waals surface area contributed by atoms with Gasteiger partial charge in [0.25, 0.3) is 0 Å². The number of hydrogen-bond acceptors (Lipinski definition) is 6. The number of ether oxygens (including phenoxy) is 1. The van der Waals surface area contributed by atoms with E-state index in [9.17, 15) is 5.26 Å². The first-order valence-electron chi connectivity index (χ1n) is 11.7. The summed E-state index contributed by atoms with van der Waals surface area (Å²) in [5.41, 5.74) is 6.38. The number of rotatable bonds is 5. The average Bonchev–Trinajstić information content (AvgIpc) is 3.44. The standard InChI is InChI=1S/C27H29N5OS/c1-19(31-12-4-11-30(2)13-14-31)27-26(20-5-8-23(33-3)9-6-20)29-25-10-7-21(17-32(25)27)22-15-24(16-28)34-18-22/h5-10,15,17-19H,4,11-14H2,1-3H3. The highest BCUT2D eigenvalue weighted by atomic mass is 32.1. The van der Waals surface area contributed by atoms with Gasteiger partial charge in [0, 0.05) is 37.4 Å². The largest absolute Gasteiger partial charge is 0.497 e. The maximum atomic E-state index is 9.27. The first kappa shape index (κ1) is 22.6. The topological polar surface area (TPSA) is 56.8 Å². The van der Waals surface area contributed by atoms with Crippen LogP contribution in [0.4, 0.5) is 0 Å². The van der Waals surface area contributed by atoms with Gasteiger partial charge >= 0.3 is 0 Å². The van der Waals surface area contributed by atoms with Crippen LogP contribution in [0.2, 0.25) is 0 Å². The van der Waals surface area contributed by atoms with E-state index in [0.29, 0.717) is 0 Å². The molecule has 5 rings (SSSR count). The van der Waals surface area contributed by atoms with Crippen LogP contribution in [0.1, 0.15) is 30.0 Å². The van der Waals surface area contributed by atoms with Gasteiger partial charge in [0.05, 0.1) is 18.5 Å². The van der Waals surface area contributed by atoms with Gasteiger partial charge in [0.1, 0.15) is 22.3 Å². The Labute approximate surface area is 204 Å². The van der Waals surface area contributed by atoms with Crippen LogP contribution in [-0.4, -0.2) is 59.5 Å². The van der Waals surface area contributed by atoms with Crippen molar-refractivity contribution in [1.82, 2.24) is 19.2 Å². The molecule has 1 atom stereocenters. The lowest BCUT2D eigenvalue weighted by atomic mass is 10.0. The third-order valence-corrected chi connectivity index (χ3v) is 7.59. The molecule has 3 aromatic heterocycles. The maximum Gasteiger partial charge on any atom is 0.137 e. The van der Waals surface area contributed by atoms with Gasteiger partial charge in [0.2, 0.25) is 0 Å². The number of likely N-dealkylation sites (N-methyl/N-ethyl adjacent to an activating group) is 1. The number of hydrogen-bond donors (Lipinski definition) is 0. The zero-order chi connectivity index (χ0) is 23.7. The summed E-state index contributed by atoms with van der Waals surface area (Å²) in [6, 6.07) is 16.8. The first-order valence-corrected chi connectivity index (χ1v) is 12.5. The lowest BCUT2D eigenvalue weighted by Gasteiger charge is -2.28. The molecule has 174 valence electrons. The van der Waals surface area contributed by atoms with Gasteiger partial charge in [-0.15, -0.1) is 11.3 Å². The normalized spacial score (nSPS) is 16.3. The molecular formula is C27H29N5OS. The van der Waals surface area contributed by atoms with Gasteiger partial charge in [-0.1, -0.05) is 0 Å². The highest BCUT2D eigenvalue weighted by Crippen LogP contribution is 2.35. The Balaban J connectivity index is 1.64. The molecule has 0 saturated carbocycles. The van der Waals surface area contributed by atoms with Gasteiger partial charge in [-0.3, -0.25) is 4.90 Å². The summed E-state index contributed by atoms with van der Waals surface area (Å²) < 4.78 is 7.62. The van der Waals surface area contributed by atoms with Gasteiger partial charge in [-0.2, -0.15) is 5.26 Å². The zero-order valence-electron chi connectivity index (χ0n) is 19.9. The monoisotopic (exact) mass is 471 g/mol. The van der Waals surface area contributed by atoms with Crippen LogP contribution >= 0.6 is 11.3 Å². The highest BCUT2D eigenvalue weighted by Gasteiger charge is 2.26. The second-order valence-electron chi connectivity index (χ2n) is 8.90. The van der Waals surface area contributed by atoms with Crippen molar-refractivity contribution in [3.8, 4) is 34.2 Å². The number of imidazole rings is 1. The van der Waals surface area contributed by atoms with Crippen LogP contribution in [-0.2, 0) is 0 Å². The Kier molecular flexibility index (Phi) is 6.38. The number of thiophene rings is 1. The molecule has 0 amide bonds. The average molecular weight is 472 g/mol. The minimum absolute atomic E-state index is 0.200. The van der Waals surface area contributed by atoms with Crippen molar-refractivity contribution >= 4 is 17.0 Å². The van der Waals surface area contributed by atoms with Crippen LogP contribution in [0, 0.1) is 11.3 Å². The third-order valence-electron chi connectivity index (χ3n) is 6.76. The van der Waals surface area contributed by atoms with Gasteiger partial charge in [-0.05, 0) is 85.9 Å². The molecule has 0 spiro atoms. The Bertz CT molecular complexity index is 1330. The Morgan fingerprint density at radius 2 is 1.82 bits per heavy atom. The summed E-state index contributed by atoms with van der Waals surface area (Å²) in [5, 5.41) is 11.3. The van der Waals surface area contributed by atoms with Crippen LogP contribution in [0.5, 0.6) is 5.75 Å². The van der Waals surface area contributed by atoms with E-state index in [2.05, 4.69) is 70.1 Å². The van der Waals surface area contributed by atoms with E-state index in [4.69, 9.17) is 9.72 Å². The van der Waals surface area contributed by atoms with E-state index in [-0.39, 0.29) is 6.04 Å². The van der Waals surface area contributed by atoms with E-state index in [1.807, 2.05) is 18.2 Å². The molecule has 0 radical (unpaired) electrons. The lowest BCUT2D eigenvalue weighted by molar-refractivity contribution is 0.213. The molecular weight excluding hydrogens is 442 g/mol. The molecule has 6 nitrogen and oxygen atoms in total. The summed E-state index contributed by atoms with van der Waals surface area (Å²) in [6.07, 6.45) is 3.33. The summed E-state index contributed by atoms with van der Waals surface area (Å²) in [4.78, 5) is 10.8. The fraction of sp³-hybridized carbons (Fsp3) is 0.333. The fourth-order valence-electron chi connectivity index (χ4n) is 4.77. The highest BCUT2D eigenvalue weighted by molar-refractivity contribution is 7.10. The molecule has 34 heavy (non-hydrogen) atoms. The molecule has 0 N–H and O–H groups in total. The van der Waals surface area contributed by atoms with Crippen molar-refractivity contribution in [2.24, 2.45) is 0 Å². The van der Waals surface area contributed by atoms with Gasteiger partial charge in [0.15, 0.2) is 0 Å². The van der Waals surface area contributed by atoms with E-state index in [1.54, 1.807) is 7.11 Å². The van der Waals surface area contributed by atoms with Crippen LogP contribution in [0.25, 0.3) is 28.0 Å². The van der Waals surface area contributed by atoms with Crippen molar-refractivity contribution in [2.75, 3.05) is 40.3 Å². The van der Waals surface area contributed by atoms with Crippen LogP contribution in [0.15, 0.2) is 54.0 Å². The smallest absolute Gasteiger partial charge is 0.137 e. The predicted octanol–water partition coefficient (Wildman–Crippen LogP) is 5.31. The third kappa shape index (κ3) is 4.32. The van der Waals surface area contributed by atoms with Crippen molar-refractivity contribution in [3.63, 3.8) is 0 Å². The van der Waals surface area contributed by atoms with E-state index in [0.717, 1.165) is 71.3 Å². The molecule has 4 aromatic rings. The minimum atomic E-state index is 0.200. The van der Waals surface area contributed by atoms with Crippen molar-refractivity contribution in [1.29, 1.82) is 5.26 Å². The Hall–Kier alpha value is -3.18. The van der Waals surface area contributed by atoms with Gasteiger partial charge in [-0.25, -0.2) is 4.98 Å². The molecule has 7 heteroatoms. The van der Waals surface area contributed by atoms with Gasteiger partial charge < -0.3 is 14.0 Å². The molecule has 1 aliphatic rings. The molecule has 1 saturated heterocycles. The first-order chi connectivity index (χ1) is 16.6. The molecule has 1 aromatic carbocycles. The molecule has 1 unspecified atom stereocenters. The Morgan fingerprint density at radius 1 is 1.03 bits per heavy atom. The van der Waals surface area contributed by atoms with E-state index in [1.165, 1.54) is 17.0 Å². The predicted molar refractivity (Wildman–Crippen MR) is 137 cm³/mol. The van der Waals surface area contributed by atoms with Crippen molar-refractivity contribution in [3.05, 3.63) is 64.6 Å². The lowest BCUT2D eigenvalue weighted by Crippen LogP contribution is -2.32. The number of aromatic nitrogens is 2. The second kappa shape index (κ2) is 9.59. The number of nitriles is 1. The number of methoxy groups -OCH3 is 1. The molecule has 0 bridgehead atoms. The number of benzene rings is 1. The zero-order valence-corrected chi connectivity index (χ0v) is 20.7. The summed E-state index contributed by atoms with van der Waals surface area (Å²) >= 11 is 1.48. The summed E-state index contributed by atoms with van der Waals surface area (Å²) in [7, 11) is 3.89. The van der Waals surface area contributed by atoms with Crippen LogP contribution in [0.3, 0.4) is 0 Å². The molecule has 1 aliphatic heterocycles. The Morgan fingerprint density at radius 3 is 2.56 bits per heavy atom. The summed E-state index contributed by atoms with van der Waals surface area (Å²) in [6.45, 7) is 6.59. The second-order valence-corrected chi connectivity index (χ2v) is 9.81. The van der Waals surface area contributed by atoms with Crippen molar-refractivity contribution in [2.45, 2.75) is 19.4 Å². The van der Waals surface area contributed by atoms with Crippen LogP contribution < -0.4 is 4.74 Å². The summed E-state index contributed by atoms with van der Waals surface area (Å²) in [5.74, 6) is 0.839. The molecule has 0 aliphatic carbocycles. The number of nitrogens with zero attached hydrogens (tertiary/aromatic N) is 5.